The van der Waals surface area contributed by atoms with Crippen molar-refractivity contribution in [2.24, 2.45) is 0 Å². The predicted molar refractivity (Wildman–Crippen MR) is 85.0 cm³/mol. The maximum Gasteiger partial charge on any atom is 0.350 e. The number of benzene rings is 1. The number of aryl methyl sites for hydroxylation is 1. The molecule has 1 heterocycles. The lowest BCUT2D eigenvalue weighted by molar-refractivity contribution is 0.0605. The van der Waals surface area contributed by atoms with Crippen molar-refractivity contribution in [3.63, 3.8) is 0 Å². The second-order valence-corrected chi connectivity index (χ2v) is 5.84. The summed E-state index contributed by atoms with van der Waals surface area (Å²) < 4.78 is 5.41. The van der Waals surface area contributed by atoms with E-state index in [1.807, 2.05) is 18.2 Å². The first-order valence-electron chi connectivity index (χ1n) is 5.89. The molecule has 2 aromatic rings. The molecular formula is C13H12BrN3O3S. The zero-order valence-electron chi connectivity index (χ0n) is 11.3. The van der Waals surface area contributed by atoms with Gasteiger partial charge in [-0.1, -0.05) is 23.5 Å². The Labute approximate surface area is 133 Å². The van der Waals surface area contributed by atoms with Crippen LogP contribution in [0.15, 0.2) is 28.7 Å². The van der Waals surface area contributed by atoms with Crippen LogP contribution >= 0.6 is 27.3 Å². The number of methoxy groups -OCH3 is 1. The first-order chi connectivity index (χ1) is 10.0. The number of para-hydroxylation sites is 1. The average Bonchev–Trinajstić information content (AvgIpc) is 2.81. The van der Waals surface area contributed by atoms with E-state index in [4.69, 9.17) is 0 Å². The molecule has 110 valence electrons. The summed E-state index contributed by atoms with van der Waals surface area (Å²) in [5.41, 5.74) is 1.15. The van der Waals surface area contributed by atoms with Gasteiger partial charge in [-0.05, 0) is 35.0 Å². The Bertz CT molecular complexity index is 687. The number of aromatic nitrogens is 1. The van der Waals surface area contributed by atoms with E-state index in [2.05, 4.69) is 36.3 Å². The first-order valence-corrected chi connectivity index (χ1v) is 7.50. The summed E-state index contributed by atoms with van der Waals surface area (Å²) in [5, 5.41) is 5.60. The van der Waals surface area contributed by atoms with Gasteiger partial charge in [-0.3, -0.25) is 5.32 Å². The molecule has 1 aromatic heterocycles. The molecule has 2 rings (SSSR count). The maximum atomic E-state index is 11.9. The van der Waals surface area contributed by atoms with Crippen molar-refractivity contribution >= 4 is 50.1 Å². The van der Waals surface area contributed by atoms with Gasteiger partial charge in [0.05, 0.1) is 18.5 Å². The molecule has 0 bridgehead atoms. The van der Waals surface area contributed by atoms with E-state index in [9.17, 15) is 9.59 Å². The van der Waals surface area contributed by atoms with Crippen molar-refractivity contribution in [2.75, 3.05) is 17.7 Å². The third-order valence-corrected chi connectivity index (χ3v) is 4.25. The van der Waals surface area contributed by atoms with Crippen LogP contribution in [-0.4, -0.2) is 24.1 Å². The molecule has 6 nitrogen and oxygen atoms in total. The van der Waals surface area contributed by atoms with Gasteiger partial charge in [-0.25, -0.2) is 14.6 Å². The number of nitrogens with one attached hydrogen (secondary N) is 2. The molecule has 0 atom stereocenters. The Morgan fingerprint density at radius 2 is 2.00 bits per heavy atom. The summed E-state index contributed by atoms with van der Waals surface area (Å²) in [5.74, 6) is -0.468. The fraction of sp³-hybridized carbons (Fsp3) is 0.154. The van der Waals surface area contributed by atoms with Gasteiger partial charge in [0, 0.05) is 4.47 Å². The minimum absolute atomic E-state index is 0.331. The number of hydrogen-bond acceptors (Lipinski definition) is 5. The van der Waals surface area contributed by atoms with Crippen LogP contribution in [0.25, 0.3) is 0 Å². The fourth-order valence-corrected chi connectivity index (χ4v) is 2.81. The van der Waals surface area contributed by atoms with Gasteiger partial charge < -0.3 is 10.1 Å². The van der Waals surface area contributed by atoms with Gasteiger partial charge in [-0.15, -0.1) is 0 Å². The summed E-state index contributed by atoms with van der Waals surface area (Å²) in [6, 6.07) is 6.80. The number of nitrogens with zero attached hydrogens (tertiary/aromatic N) is 1. The Balaban J connectivity index is 2.07. The number of thiazole rings is 1. The summed E-state index contributed by atoms with van der Waals surface area (Å²) in [4.78, 5) is 27.9. The first kappa shape index (κ1) is 15.5. The molecule has 0 radical (unpaired) electrons. The zero-order valence-corrected chi connectivity index (χ0v) is 13.7. The maximum absolute atomic E-state index is 11.9. The van der Waals surface area contributed by atoms with Gasteiger partial charge >= 0.3 is 12.0 Å². The second-order valence-electron chi connectivity index (χ2n) is 3.98. The van der Waals surface area contributed by atoms with Crippen molar-refractivity contribution in [1.29, 1.82) is 0 Å². The number of anilines is 2. The molecule has 0 aliphatic rings. The lowest BCUT2D eigenvalue weighted by Crippen LogP contribution is -2.19. The number of ether oxygens (including phenoxy) is 1. The van der Waals surface area contributed by atoms with Crippen LogP contribution in [0.3, 0.4) is 0 Å². The molecule has 0 aliphatic carbocycles. The normalized spacial score (nSPS) is 10.0. The van der Waals surface area contributed by atoms with Gasteiger partial charge in [0.1, 0.15) is 4.88 Å². The quantitative estimate of drug-likeness (QED) is 0.809. The summed E-state index contributed by atoms with van der Waals surface area (Å²) in [6.07, 6.45) is 0. The highest BCUT2D eigenvalue weighted by Crippen LogP contribution is 2.24. The van der Waals surface area contributed by atoms with E-state index in [1.54, 1.807) is 13.0 Å². The van der Waals surface area contributed by atoms with E-state index in [-0.39, 0.29) is 0 Å². The number of carbonyl (C=O) groups excluding carboxylic acids is 2. The molecule has 0 aliphatic heterocycles. The van der Waals surface area contributed by atoms with Gasteiger partial charge in [0.2, 0.25) is 0 Å². The van der Waals surface area contributed by atoms with Crippen molar-refractivity contribution in [3.8, 4) is 0 Å². The van der Waals surface area contributed by atoms with Crippen molar-refractivity contribution in [2.45, 2.75) is 6.92 Å². The van der Waals surface area contributed by atoms with E-state index in [0.717, 1.165) is 15.8 Å². The smallest absolute Gasteiger partial charge is 0.350 e. The molecule has 21 heavy (non-hydrogen) atoms. The minimum Gasteiger partial charge on any atom is -0.465 e. The lowest BCUT2D eigenvalue weighted by Gasteiger charge is -2.06. The molecular weight excluding hydrogens is 358 g/mol. The van der Waals surface area contributed by atoms with Gasteiger partial charge in [-0.2, -0.15) is 0 Å². The monoisotopic (exact) mass is 369 g/mol. The molecule has 0 saturated heterocycles. The number of urea groups is 1. The van der Waals surface area contributed by atoms with Crippen molar-refractivity contribution in [3.05, 3.63) is 39.3 Å². The molecule has 8 heteroatoms. The van der Waals surface area contributed by atoms with Crippen LogP contribution in [-0.2, 0) is 4.74 Å². The molecule has 0 fully saturated rings. The summed E-state index contributed by atoms with van der Waals surface area (Å²) in [7, 11) is 1.30. The number of amides is 2. The fourth-order valence-electron chi connectivity index (χ4n) is 1.55. The van der Waals surface area contributed by atoms with Crippen LogP contribution in [0.1, 0.15) is 15.4 Å². The molecule has 2 N–H and O–H groups in total. The minimum atomic E-state index is -0.468. The number of carbonyl (C=O) groups is 2. The standard InChI is InChI=1S/C13H12BrN3O3S/c1-7-10(11(18)20-2)21-13(15-7)17-12(19)16-9-6-4-3-5-8(9)14/h3-6H,1-2H3,(H2,15,16,17,19). The second kappa shape index (κ2) is 6.68. The number of hydrogen-bond donors (Lipinski definition) is 2. The SMILES string of the molecule is COC(=O)c1sc(NC(=O)Nc2ccccc2Br)nc1C. The Morgan fingerprint density at radius 3 is 2.67 bits per heavy atom. The van der Waals surface area contributed by atoms with Crippen LogP contribution in [0, 0.1) is 6.92 Å². The van der Waals surface area contributed by atoms with Crippen LogP contribution in [0.2, 0.25) is 0 Å². The Hall–Kier alpha value is -1.93. The van der Waals surface area contributed by atoms with E-state index >= 15 is 0 Å². The summed E-state index contributed by atoms with van der Waals surface area (Å²) in [6.45, 7) is 1.68. The van der Waals surface area contributed by atoms with E-state index < -0.39 is 12.0 Å². The van der Waals surface area contributed by atoms with Crippen LogP contribution in [0.4, 0.5) is 15.6 Å². The molecule has 2 amide bonds. The lowest BCUT2D eigenvalue weighted by atomic mass is 10.3. The Morgan fingerprint density at radius 1 is 1.29 bits per heavy atom. The number of rotatable bonds is 3. The van der Waals surface area contributed by atoms with Crippen LogP contribution < -0.4 is 10.6 Å². The average molecular weight is 370 g/mol. The van der Waals surface area contributed by atoms with Gasteiger partial charge in [0.15, 0.2) is 5.13 Å². The third kappa shape index (κ3) is 3.79. The molecule has 0 spiro atoms. The number of halogens is 1. The molecule has 0 saturated carbocycles. The highest BCUT2D eigenvalue weighted by atomic mass is 79.9. The van der Waals surface area contributed by atoms with Crippen LogP contribution in [0.5, 0.6) is 0 Å². The predicted octanol–water partition coefficient (Wildman–Crippen LogP) is 3.64. The third-order valence-electron chi connectivity index (χ3n) is 2.51. The zero-order chi connectivity index (χ0) is 15.4. The van der Waals surface area contributed by atoms with E-state index in [0.29, 0.717) is 21.4 Å². The van der Waals surface area contributed by atoms with E-state index in [1.165, 1.54) is 7.11 Å². The molecule has 0 unspecified atom stereocenters. The van der Waals surface area contributed by atoms with Crippen molar-refractivity contribution in [1.82, 2.24) is 4.98 Å². The highest BCUT2D eigenvalue weighted by molar-refractivity contribution is 9.10. The molecule has 1 aromatic carbocycles. The number of esters is 1. The summed E-state index contributed by atoms with van der Waals surface area (Å²) >= 11 is 4.40. The Kier molecular flexibility index (Phi) is 4.92. The van der Waals surface area contributed by atoms with Crippen molar-refractivity contribution < 1.29 is 14.3 Å². The largest absolute Gasteiger partial charge is 0.465 e. The topological polar surface area (TPSA) is 80.3 Å². The highest BCUT2D eigenvalue weighted by Gasteiger charge is 2.17. The van der Waals surface area contributed by atoms with Gasteiger partial charge in [0.25, 0.3) is 0 Å².